The summed E-state index contributed by atoms with van der Waals surface area (Å²) in [6, 6.07) is 18.5. The van der Waals surface area contributed by atoms with Crippen molar-refractivity contribution < 1.29 is 14.0 Å². The quantitative estimate of drug-likeness (QED) is 0.805. The molecule has 1 aliphatic heterocycles. The zero-order valence-corrected chi connectivity index (χ0v) is 12.2. The van der Waals surface area contributed by atoms with Gasteiger partial charge in [-0.15, -0.1) is 0 Å². The Morgan fingerprint density at radius 3 is 2.38 bits per heavy atom. The second-order valence-corrected chi connectivity index (χ2v) is 5.13. The number of hydrogen-bond donors (Lipinski definition) is 0. The fourth-order valence-corrected chi connectivity index (χ4v) is 2.70. The molecule has 0 aromatic heterocycles. The van der Waals surface area contributed by atoms with E-state index in [0.29, 0.717) is 0 Å². The molecular weight excluding hydrogens is 263 g/mol. The molecule has 0 unspecified atom stereocenters. The smallest absolute Gasteiger partial charge is 0.469 e. The molecule has 4 heteroatoms. The van der Waals surface area contributed by atoms with Crippen molar-refractivity contribution in [2.75, 3.05) is 20.3 Å². The van der Waals surface area contributed by atoms with Crippen LogP contribution in [0.5, 0.6) is 5.75 Å². The molecule has 0 amide bonds. The minimum absolute atomic E-state index is 0.0570. The van der Waals surface area contributed by atoms with E-state index in [9.17, 15) is 0 Å². The van der Waals surface area contributed by atoms with Crippen LogP contribution in [0.25, 0.3) is 0 Å². The average molecular weight is 282 g/mol. The molecule has 0 saturated carbocycles. The fraction of sp³-hybridized carbons (Fsp3) is 0.294. The van der Waals surface area contributed by atoms with Crippen LogP contribution in [0.1, 0.15) is 23.4 Å². The van der Waals surface area contributed by atoms with Crippen molar-refractivity contribution in [1.82, 2.24) is 0 Å². The summed E-state index contributed by atoms with van der Waals surface area (Å²) < 4.78 is 17.1. The molecule has 0 radical (unpaired) electrons. The monoisotopic (exact) mass is 282 g/mol. The summed E-state index contributed by atoms with van der Waals surface area (Å²) in [6.07, 6.45) is 0.954. The van der Waals surface area contributed by atoms with E-state index >= 15 is 0 Å². The molecule has 3 nitrogen and oxygen atoms in total. The number of benzene rings is 2. The minimum atomic E-state index is -0.242. The Morgan fingerprint density at radius 1 is 0.952 bits per heavy atom. The highest BCUT2D eigenvalue weighted by Gasteiger charge is 2.35. The normalized spacial score (nSPS) is 16.5. The zero-order valence-electron chi connectivity index (χ0n) is 12.2. The van der Waals surface area contributed by atoms with E-state index < -0.39 is 0 Å². The highest BCUT2D eigenvalue weighted by atomic mass is 16.6. The first-order valence-corrected chi connectivity index (χ1v) is 7.30. The lowest BCUT2D eigenvalue weighted by atomic mass is 9.64. The highest BCUT2D eigenvalue weighted by Crippen LogP contribution is 2.31. The van der Waals surface area contributed by atoms with Crippen molar-refractivity contribution in [1.29, 1.82) is 0 Å². The second kappa shape index (κ2) is 6.79. The molecule has 0 spiro atoms. The van der Waals surface area contributed by atoms with Crippen LogP contribution >= 0.6 is 0 Å². The topological polar surface area (TPSA) is 27.7 Å². The van der Waals surface area contributed by atoms with Crippen LogP contribution in [0.2, 0.25) is 0 Å². The van der Waals surface area contributed by atoms with E-state index in [-0.39, 0.29) is 12.9 Å². The largest absolute Gasteiger partial charge is 0.497 e. The molecule has 0 aliphatic carbocycles. The first-order chi connectivity index (χ1) is 10.4. The number of rotatable bonds is 4. The summed E-state index contributed by atoms with van der Waals surface area (Å²) in [6.45, 7) is 1.50. The van der Waals surface area contributed by atoms with Crippen molar-refractivity contribution in [2.45, 2.75) is 12.2 Å². The van der Waals surface area contributed by atoms with Crippen molar-refractivity contribution in [3.63, 3.8) is 0 Å². The first kappa shape index (κ1) is 14.2. The summed E-state index contributed by atoms with van der Waals surface area (Å²) in [5.74, 6) is 0.908. The van der Waals surface area contributed by atoms with Gasteiger partial charge in [-0.2, -0.15) is 0 Å². The van der Waals surface area contributed by atoms with Gasteiger partial charge in [0, 0.05) is 19.0 Å². The van der Waals surface area contributed by atoms with E-state index in [0.717, 1.165) is 30.9 Å². The van der Waals surface area contributed by atoms with Gasteiger partial charge in [-0.3, -0.25) is 0 Å². The van der Waals surface area contributed by atoms with Gasteiger partial charge in [0.15, 0.2) is 0 Å². The maximum absolute atomic E-state index is 5.86. The maximum atomic E-state index is 5.86. The van der Waals surface area contributed by atoms with Crippen molar-refractivity contribution in [2.24, 2.45) is 0 Å². The van der Waals surface area contributed by atoms with Gasteiger partial charge >= 0.3 is 7.12 Å². The lowest BCUT2D eigenvalue weighted by Crippen LogP contribution is -2.36. The Labute approximate surface area is 126 Å². The van der Waals surface area contributed by atoms with Crippen LogP contribution in [0.4, 0.5) is 0 Å². The molecule has 2 aromatic rings. The molecule has 0 N–H and O–H groups in total. The van der Waals surface area contributed by atoms with E-state index in [2.05, 4.69) is 24.3 Å². The van der Waals surface area contributed by atoms with E-state index in [4.69, 9.17) is 14.0 Å². The summed E-state index contributed by atoms with van der Waals surface area (Å²) in [7, 11) is 1.44. The summed E-state index contributed by atoms with van der Waals surface area (Å²) in [5.41, 5.74) is 2.34. The number of methoxy groups -OCH3 is 1. The van der Waals surface area contributed by atoms with Crippen LogP contribution in [-0.4, -0.2) is 27.4 Å². The van der Waals surface area contributed by atoms with Gasteiger partial charge < -0.3 is 14.0 Å². The Bertz CT molecular complexity index is 567. The summed E-state index contributed by atoms with van der Waals surface area (Å²) in [5, 5.41) is 0. The Morgan fingerprint density at radius 2 is 1.67 bits per heavy atom. The van der Waals surface area contributed by atoms with Crippen molar-refractivity contribution in [3.05, 3.63) is 65.7 Å². The van der Waals surface area contributed by atoms with Crippen LogP contribution in [-0.2, 0) is 9.31 Å². The van der Waals surface area contributed by atoms with Gasteiger partial charge in [0.05, 0.1) is 7.11 Å². The molecule has 1 atom stereocenters. The van der Waals surface area contributed by atoms with Crippen molar-refractivity contribution >= 4 is 7.12 Å². The fourth-order valence-electron chi connectivity index (χ4n) is 2.70. The van der Waals surface area contributed by atoms with Crippen LogP contribution < -0.4 is 4.74 Å². The highest BCUT2D eigenvalue weighted by molar-refractivity contribution is 6.47. The standard InChI is InChI=1S/C17H19BO3/c1-19-16-10-5-9-15(13-16)17(14-7-3-2-4-8-14)18-20-11-6-12-21-18/h2-5,7-10,13,17H,6,11-12H2,1H3/t17-/m0/s1. The van der Waals surface area contributed by atoms with Gasteiger partial charge in [0.25, 0.3) is 0 Å². The van der Waals surface area contributed by atoms with Gasteiger partial charge in [-0.05, 0) is 29.7 Å². The molecule has 1 fully saturated rings. The third-order valence-corrected chi connectivity index (χ3v) is 3.74. The third-order valence-electron chi connectivity index (χ3n) is 3.74. The maximum Gasteiger partial charge on any atom is 0.469 e. The molecule has 1 aliphatic rings. The second-order valence-electron chi connectivity index (χ2n) is 5.13. The van der Waals surface area contributed by atoms with Crippen LogP contribution in [0.15, 0.2) is 54.6 Å². The number of hydrogen-bond acceptors (Lipinski definition) is 3. The summed E-state index contributed by atoms with van der Waals surface area (Å²) in [4.78, 5) is 0. The molecule has 3 rings (SSSR count). The van der Waals surface area contributed by atoms with Crippen LogP contribution in [0, 0.1) is 0 Å². The summed E-state index contributed by atoms with van der Waals surface area (Å²) >= 11 is 0. The lowest BCUT2D eigenvalue weighted by molar-refractivity contribution is 0.130. The SMILES string of the molecule is COc1cccc([C@@H](B2OCCCO2)c2ccccc2)c1. The van der Waals surface area contributed by atoms with Crippen LogP contribution in [0.3, 0.4) is 0 Å². The molecule has 21 heavy (non-hydrogen) atoms. The van der Waals surface area contributed by atoms with Gasteiger partial charge in [0.1, 0.15) is 5.75 Å². The Hall–Kier alpha value is -1.78. The molecule has 1 saturated heterocycles. The molecule has 2 aromatic carbocycles. The van der Waals surface area contributed by atoms with Gasteiger partial charge in [-0.1, -0.05) is 42.5 Å². The van der Waals surface area contributed by atoms with Gasteiger partial charge in [0.2, 0.25) is 0 Å². The van der Waals surface area contributed by atoms with E-state index in [1.165, 1.54) is 5.56 Å². The third kappa shape index (κ3) is 3.28. The van der Waals surface area contributed by atoms with E-state index in [1.807, 2.05) is 30.3 Å². The molecule has 108 valence electrons. The predicted octanol–water partition coefficient (Wildman–Crippen LogP) is 3.29. The average Bonchev–Trinajstić information content (AvgIpc) is 2.57. The molecule has 0 bridgehead atoms. The predicted molar refractivity (Wildman–Crippen MR) is 83.6 cm³/mol. The Balaban J connectivity index is 1.98. The molecular formula is C17H19BO3. The Kier molecular flexibility index (Phi) is 4.58. The number of ether oxygens (including phenoxy) is 1. The lowest BCUT2D eigenvalue weighted by Gasteiger charge is -2.28. The van der Waals surface area contributed by atoms with Crippen molar-refractivity contribution in [3.8, 4) is 5.75 Å². The van der Waals surface area contributed by atoms with E-state index in [1.54, 1.807) is 7.11 Å². The molecule has 1 heterocycles. The zero-order chi connectivity index (χ0) is 14.5. The first-order valence-electron chi connectivity index (χ1n) is 7.30. The van der Waals surface area contributed by atoms with Gasteiger partial charge in [-0.25, -0.2) is 0 Å². The minimum Gasteiger partial charge on any atom is -0.497 e.